The molecular weight excluding hydrogens is 238 g/mol. The number of rotatable bonds is 2. The minimum absolute atomic E-state index is 0.0550. The highest BCUT2D eigenvalue weighted by molar-refractivity contribution is 5.82. The molecule has 4 atom stereocenters. The molecule has 2 rings (SSSR count). The van der Waals surface area contributed by atoms with Gasteiger partial charge in [-0.2, -0.15) is 0 Å². The number of likely N-dealkylation sites (tertiary alicyclic amines) is 1. The minimum atomic E-state index is -1.01. The molecule has 1 amide bonds. The second kappa shape index (κ2) is 5.24. The summed E-state index contributed by atoms with van der Waals surface area (Å²) in [5.41, 5.74) is 0. The van der Waals surface area contributed by atoms with Crippen molar-refractivity contribution in [2.75, 3.05) is 13.1 Å². The summed E-state index contributed by atoms with van der Waals surface area (Å²) < 4.78 is 5.25. The van der Waals surface area contributed by atoms with E-state index in [4.69, 9.17) is 9.84 Å². The molecule has 2 aliphatic heterocycles. The molecule has 2 N–H and O–H groups in total. The Bertz CT molecular complexity index is 345. The fourth-order valence-electron chi connectivity index (χ4n) is 2.54. The van der Waals surface area contributed by atoms with Crippen molar-refractivity contribution in [1.29, 1.82) is 0 Å². The fourth-order valence-corrected chi connectivity index (χ4v) is 2.54. The van der Waals surface area contributed by atoms with E-state index < -0.39 is 18.2 Å². The summed E-state index contributed by atoms with van der Waals surface area (Å²) in [5.74, 6) is -1.09. The van der Waals surface area contributed by atoms with Crippen LogP contribution in [-0.2, 0) is 14.3 Å². The van der Waals surface area contributed by atoms with E-state index in [0.717, 1.165) is 0 Å². The predicted octanol–water partition coefficient (Wildman–Crippen LogP) is -0.152. The van der Waals surface area contributed by atoms with Gasteiger partial charge in [0.25, 0.3) is 5.91 Å². The van der Waals surface area contributed by atoms with Gasteiger partial charge in [0.05, 0.1) is 6.10 Å². The lowest BCUT2D eigenvalue weighted by atomic mass is 9.96. The maximum absolute atomic E-state index is 12.1. The number of aliphatic carboxylic acids is 1. The van der Waals surface area contributed by atoms with Crippen LogP contribution in [0.25, 0.3) is 0 Å². The Labute approximate surface area is 106 Å². The largest absolute Gasteiger partial charge is 0.479 e. The molecule has 0 aromatic carbocycles. The number of piperidine rings is 1. The lowest BCUT2D eigenvalue weighted by Gasteiger charge is -2.35. The number of ether oxygens (including phenoxy) is 1. The van der Waals surface area contributed by atoms with Gasteiger partial charge in [-0.25, -0.2) is 4.79 Å². The standard InChI is InChI=1S/C12H19NO5/c1-7-6-13(5-4-8(7)14)11(15)9-2-3-10(18-9)12(16)17/h7-10,14H,2-6H2,1H3,(H,16,17). The van der Waals surface area contributed by atoms with E-state index in [-0.39, 0.29) is 17.9 Å². The van der Waals surface area contributed by atoms with Gasteiger partial charge in [-0.15, -0.1) is 0 Å². The van der Waals surface area contributed by atoms with Gasteiger partial charge in [-0.1, -0.05) is 6.92 Å². The molecule has 0 aliphatic carbocycles. The van der Waals surface area contributed by atoms with Crippen molar-refractivity contribution in [3.63, 3.8) is 0 Å². The Morgan fingerprint density at radius 1 is 1.22 bits per heavy atom. The number of carboxylic acids is 1. The summed E-state index contributed by atoms with van der Waals surface area (Å²) in [5, 5.41) is 18.4. The van der Waals surface area contributed by atoms with Crippen LogP contribution in [0.4, 0.5) is 0 Å². The van der Waals surface area contributed by atoms with E-state index in [1.54, 1.807) is 4.90 Å². The molecule has 102 valence electrons. The monoisotopic (exact) mass is 257 g/mol. The van der Waals surface area contributed by atoms with Gasteiger partial charge in [0.15, 0.2) is 6.10 Å². The first kappa shape index (κ1) is 13.3. The average molecular weight is 257 g/mol. The van der Waals surface area contributed by atoms with Crippen LogP contribution in [0, 0.1) is 5.92 Å². The van der Waals surface area contributed by atoms with Crippen molar-refractivity contribution in [2.45, 2.75) is 44.5 Å². The van der Waals surface area contributed by atoms with Crippen molar-refractivity contribution in [1.82, 2.24) is 4.90 Å². The van der Waals surface area contributed by atoms with E-state index in [9.17, 15) is 14.7 Å². The van der Waals surface area contributed by atoms with Crippen LogP contribution < -0.4 is 0 Å². The van der Waals surface area contributed by atoms with Gasteiger partial charge in [-0.3, -0.25) is 4.79 Å². The highest BCUT2D eigenvalue weighted by atomic mass is 16.5. The Balaban J connectivity index is 1.90. The normalized spacial score (nSPS) is 36.7. The van der Waals surface area contributed by atoms with Crippen LogP contribution in [0.3, 0.4) is 0 Å². The maximum Gasteiger partial charge on any atom is 0.332 e. The highest BCUT2D eigenvalue weighted by Crippen LogP contribution is 2.24. The van der Waals surface area contributed by atoms with Gasteiger partial charge >= 0.3 is 5.97 Å². The summed E-state index contributed by atoms with van der Waals surface area (Å²) in [6.07, 6.45) is -0.422. The molecule has 0 aromatic rings. The number of carbonyl (C=O) groups is 2. The molecule has 6 nitrogen and oxygen atoms in total. The summed E-state index contributed by atoms with van der Waals surface area (Å²) in [6.45, 7) is 2.93. The number of nitrogens with zero attached hydrogens (tertiary/aromatic N) is 1. The summed E-state index contributed by atoms with van der Waals surface area (Å²) in [6, 6.07) is 0. The van der Waals surface area contributed by atoms with Gasteiger partial charge in [0, 0.05) is 13.1 Å². The molecule has 0 spiro atoms. The number of aliphatic hydroxyl groups excluding tert-OH is 1. The molecule has 0 saturated carbocycles. The van der Waals surface area contributed by atoms with E-state index in [1.165, 1.54) is 0 Å². The van der Waals surface area contributed by atoms with Crippen LogP contribution in [0.1, 0.15) is 26.2 Å². The van der Waals surface area contributed by atoms with E-state index in [2.05, 4.69) is 0 Å². The van der Waals surface area contributed by atoms with Crippen molar-refractivity contribution in [3.8, 4) is 0 Å². The topological polar surface area (TPSA) is 87.1 Å². The SMILES string of the molecule is CC1CN(C(=O)C2CCC(C(=O)O)O2)CCC1O. The molecule has 0 aromatic heterocycles. The fraction of sp³-hybridized carbons (Fsp3) is 0.833. The second-order valence-corrected chi connectivity index (χ2v) is 5.15. The molecule has 0 radical (unpaired) electrons. The average Bonchev–Trinajstić information content (AvgIpc) is 2.81. The van der Waals surface area contributed by atoms with E-state index in [0.29, 0.717) is 32.4 Å². The van der Waals surface area contributed by atoms with Gasteiger partial charge in [0.1, 0.15) is 6.10 Å². The van der Waals surface area contributed by atoms with Crippen LogP contribution in [-0.4, -0.2) is 58.4 Å². The number of hydrogen-bond acceptors (Lipinski definition) is 4. The molecule has 6 heteroatoms. The minimum Gasteiger partial charge on any atom is -0.479 e. The van der Waals surface area contributed by atoms with Crippen molar-refractivity contribution in [3.05, 3.63) is 0 Å². The van der Waals surface area contributed by atoms with Crippen LogP contribution in [0.5, 0.6) is 0 Å². The van der Waals surface area contributed by atoms with Crippen LogP contribution >= 0.6 is 0 Å². The predicted molar refractivity (Wildman–Crippen MR) is 61.9 cm³/mol. The molecular formula is C12H19NO5. The van der Waals surface area contributed by atoms with Gasteiger partial charge in [-0.05, 0) is 25.2 Å². The second-order valence-electron chi connectivity index (χ2n) is 5.15. The molecule has 2 aliphatic rings. The number of amides is 1. The van der Waals surface area contributed by atoms with Gasteiger partial charge < -0.3 is 19.8 Å². The molecule has 18 heavy (non-hydrogen) atoms. The lowest BCUT2D eigenvalue weighted by molar-refractivity contribution is -0.156. The zero-order chi connectivity index (χ0) is 13.3. The van der Waals surface area contributed by atoms with E-state index >= 15 is 0 Å². The first-order valence-electron chi connectivity index (χ1n) is 6.34. The third kappa shape index (κ3) is 2.64. The number of hydrogen-bond donors (Lipinski definition) is 2. The molecule has 4 unspecified atom stereocenters. The summed E-state index contributed by atoms with van der Waals surface area (Å²) >= 11 is 0. The third-order valence-electron chi connectivity index (χ3n) is 3.74. The zero-order valence-corrected chi connectivity index (χ0v) is 10.4. The Kier molecular flexibility index (Phi) is 3.87. The quantitative estimate of drug-likeness (QED) is 0.718. The summed E-state index contributed by atoms with van der Waals surface area (Å²) in [4.78, 5) is 24.6. The third-order valence-corrected chi connectivity index (χ3v) is 3.74. The Morgan fingerprint density at radius 2 is 1.89 bits per heavy atom. The van der Waals surface area contributed by atoms with Crippen LogP contribution in [0.15, 0.2) is 0 Å². The smallest absolute Gasteiger partial charge is 0.332 e. The van der Waals surface area contributed by atoms with E-state index in [1.807, 2.05) is 6.92 Å². The number of carbonyl (C=O) groups excluding carboxylic acids is 1. The maximum atomic E-state index is 12.1. The Hall–Kier alpha value is -1.14. The zero-order valence-electron chi connectivity index (χ0n) is 10.4. The molecule has 2 saturated heterocycles. The summed E-state index contributed by atoms with van der Waals surface area (Å²) in [7, 11) is 0. The Morgan fingerprint density at radius 3 is 2.44 bits per heavy atom. The molecule has 2 heterocycles. The van der Waals surface area contributed by atoms with Crippen LogP contribution in [0.2, 0.25) is 0 Å². The number of aliphatic hydroxyl groups is 1. The first-order chi connectivity index (χ1) is 8.49. The lowest BCUT2D eigenvalue weighted by Crippen LogP contribution is -2.48. The highest BCUT2D eigenvalue weighted by Gasteiger charge is 2.38. The number of carboxylic acid groups (broad SMARTS) is 1. The first-order valence-corrected chi connectivity index (χ1v) is 6.34. The van der Waals surface area contributed by atoms with Crippen molar-refractivity contribution < 1.29 is 24.5 Å². The van der Waals surface area contributed by atoms with Gasteiger partial charge in [0.2, 0.25) is 0 Å². The molecule has 2 fully saturated rings. The van der Waals surface area contributed by atoms with Crippen molar-refractivity contribution in [2.24, 2.45) is 5.92 Å². The molecule has 0 bridgehead atoms. The van der Waals surface area contributed by atoms with Crippen molar-refractivity contribution >= 4 is 11.9 Å².